The van der Waals surface area contributed by atoms with E-state index in [0.29, 0.717) is 0 Å². The van der Waals surface area contributed by atoms with Gasteiger partial charge in [-0.25, -0.2) is 8.42 Å². The Morgan fingerprint density at radius 2 is 1.68 bits per heavy atom. The number of nitrogens with one attached hydrogen (secondary N) is 1. The van der Waals surface area contributed by atoms with Crippen molar-refractivity contribution in [3.63, 3.8) is 0 Å². The Hall–Kier alpha value is -1.45. The Bertz CT molecular complexity index is 1060. The number of benzene rings is 2. The minimum Gasteiger partial charge on any atom is -0.305 e. The van der Waals surface area contributed by atoms with Gasteiger partial charge in [0.2, 0.25) is 0 Å². The Balaban J connectivity index is 1.95. The number of nitrogens with zero attached hydrogens (tertiary/aromatic N) is 1. The smallest absolute Gasteiger partial charge is 0.305 e. The van der Waals surface area contributed by atoms with Crippen molar-refractivity contribution in [3.05, 3.63) is 68.7 Å². The molecule has 2 aromatic rings. The summed E-state index contributed by atoms with van der Waals surface area (Å²) in [5.74, 6) is 0. The third-order valence-electron chi connectivity index (χ3n) is 3.97. The van der Waals surface area contributed by atoms with Crippen molar-refractivity contribution in [2.24, 2.45) is 0 Å². The molecule has 150 valence electrons. The first-order chi connectivity index (χ1) is 13.0. The van der Waals surface area contributed by atoms with Crippen molar-refractivity contribution in [2.45, 2.75) is 17.5 Å². The van der Waals surface area contributed by atoms with E-state index in [1.807, 2.05) is 0 Å². The molecule has 0 spiro atoms. The first-order valence-corrected chi connectivity index (χ1v) is 10.4. The summed E-state index contributed by atoms with van der Waals surface area (Å²) in [4.78, 5) is -0.206. The maximum absolute atomic E-state index is 13.1. The zero-order chi connectivity index (χ0) is 20.7. The lowest BCUT2D eigenvalue weighted by Crippen LogP contribution is -2.44. The van der Waals surface area contributed by atoms with Gasteiger partial charge in [-0.05, 0) is 42.3 Å². The molecular weight excluding hydrogens is 460 g/mol. The third-order valence-corrected chi connectivity index (χ3v) is 6.72. The fourth-order valence-corrected chi connectivity index (χ4v) is 4.89. The van der Waals surface area contributed by atoms with E-state index < -0.39 is 26.8 Å². The van der Waals surface area contributed by atoms with E-state index in [1.165, 1.54) is 24.3 Å². The van der Waals surface area contributed by atoms with Gasteiger partial charge >= 0.3 is 6.18 Å². The van der Waals surface area contributed by atoms with Gasteiger partial charge in [0.25, 0.3) is 10.0 Å². The number of hydrazine groups is 1. The van der Waals surface area contributed by atoms with Crippen molar-refractivity contribution in [2.75, 3.05) is 6.54 Å². The average molecular weight is 472 g/mol. The quantitative estimate of drug-likeness (QED) is 0.633. The lowest BCUT2D eigenvalue weighted by Gasteiger charge is -2.29. The van der Waals surface area contributed by atoms with Crippen LogP contribution in [0.15, 0.2) is 47.4 Å². The number of hydrogen-bond acceptors (Lipinski definition) is 3. The Morgan fingerprint density at radius 3 is 2.36 bits per heavy atom. The van der Waals surface area contributed by atoms with Gasteiger partial charge in [0.15, 0.2) is 0 Å². The minimum absolute atomic E-state index is 0.0202. The summed E-state index contributed by atoms with van der Waals surface area (Å²) in [5.41, 5.74) is 1.99. The summed E-state index contributed by atoms with van der Waals surface area (Å²) >= 11 is 17.5. The molecular formula is C17H12Cl3F3N2O2S. The maximum Gasteiger partial charge on any atom is 0.417 e. The van der Waals surface area contributed by atoms with Gasteiger partial charge in [-0.3, -0.25) is 0 Å². The zero-order valence-corrected chi connectivity index (χ0v) is 17.0. The van der Waals surface area contributed by atoms with E-state index in [9.17, 15) is 21.6 Å². The molecule has 0 atom stereocenters. The van der Waals surface area contributed by atoms with Crippen LogP contribution in [0.3, 0.4) is 0 Å². The normalized spacial score (nSPS) is 15.9. The van der Waals surface area contributed by atoms with E-state index in [0.717, 1.165) is 16.5 Å². The molecule has 1 aliphatic rings. The number of halogens is 6. The summed E-state index contributed by atoms with van der Waals surface area (Å²) in [5, 5.41) is -0.278. The highest BCUT2D eigenvalue weighted by Crippen LogP contribution is 2.36. The molecule has 28 heavy (non-hydrogen) atoms. The van der Waals surface area contributed by atoms with Crippen LogP contribution in [0.4, 0.5) is 13.2 Å². The number of sulfonamides is 1. The van der Waals surface area contributed by atoms with Gasteiger partial charge in [-0.2, -0.15) is 13.2 Å². The highest BCUT2D eigenvalue weighted by molar-refractivity contribution is 7.89. The van der Waals surface area contributed by atoms with Crippen LogP contribution in [0.5, 0.6) is 0 Å². The van der Waals surface area contributed by atoms with Crippen molar-refractivity contribution in [1.29, 1.82) is 0 Å². The predicted octanol–water partition coefficient (Wildman–Crippen LogP) is 5.61. The van der Waals surface area contributed by atoms with Crippen molar-refractivity contribution < 1.29 is 21.6 Å². The van der Waals surface area contributed by atoms with Gasteiger partial charge in [0.05, 0.1) is 21.3 Å². The van der Waals surface area contributed by atoms with E-state index in [-0.39, 0.29) is 39.2 Å². The number of hydrogen-bond donors (Lipinski definition) is 1. The Labute approximate surface area is 174 Å². The summed E-state index contributed by atoms with van der Waals surface area (Å²) < 4.78 is 66.1. The summed E-state index contributed by atoms with van der Waals surface area (Å²) in [6.07, 6.45) is -2.75. The van der Waals surface area contributed by atoms with E-state index in [4.69, 9.17) is 34.8 Å². The highest BCUT2D eigenvalue weighted by atomic mass is 35.5. The molecule has 0 aliphatic carbocycles. The SMILES string of the molecule is O=S(=O)(c1cc(Cl)ccc1Cl)N1CCC=C(c2ccc(Cl)c(C(F)(F)F)c2)N1. The van der Waals surface area contributed by atoms with Crippen molar-refractivity contribution >= 4 is 50.5 Å². The van der Waals surface area contributed by atoms with Crippen molar-refractivity contribution in [3.8, 4) is 0 Å². The van der Waals surface area contributed by atoms with Crippen LogP contribution in [0.2, 0.25) is 15.1 Å². The van der Waals surface area contributed by atoms with Gasteiger partial charge in [-0.15, -0.1) is 4.41 Å². The lowest BCUT2D eigenvalue weighted by molar-refractivity contribution is -0.137. The maximum atomic E-state index is 13.1. The standard InChI is InChI=1S/C17H12Cl3F3N2O2S/c18-11-4-6-14(20)16(9-11)28(26,27)25-7-1-2-15(24-25)10-3-5-13(19)12(8-10)17(21,22)23/h2-6,8-9,24H,1,7H2. The molecule has 0 radical (unpaired) electrons. The van der Waals surface area contributed by atoms with Crippen LogP contribution >= 0.6 is 34.8 Å². The van der Waals surface area contributed by atoms with Gasteiger partial charge < -0.3 is 5.43 Å². The largest absolute Gasteiger partial charge is 0.417 e. The minimum atomic E-state index is -4.64. The van der Waals surface area contributed by atoms with E-state index in [1.54, 1.807) is 6.08 Å². The predicted molar refractivity (Wildman–Crippen MR) is 103 cm³/mol. The molecule has 1 N–H and O–H groups in total. The van der Waals surface area contributed by atoms with Crippen LogP contribution in [-0.4, -0.2) is 19.4 Å². The summed E-state index contributed by atoms with van der Waals surface area (Å²) in [7, 11) is -4.09. The van der Waals surface area contributed by atoms with E-state index in [2.05, 4.69) is 5.43 Å². The molecule has 1 aliphatic heterocycles. The van der Waals surface area contributed by atoms with Gasteiger partial charge in [0.1, 0.15) is 4.90 Å². The average Bonchev–Trinajstić information content (AvgIpc) is 2.63. The molecule has 0 bridgehead atoms. The topological polar surface area (TPSA) is 49.4 Å². The summed E-state index contributed by atoms with van der Waals surface area (Å²) in [6, 6.07) is 7.37. The van der Waals surface area contributed by atoms with E-state index >= 15 is 0 Å². The first-order valence-electron chi connectivity index (χ1n) is 7.82. The second-order valence-corrected chi connectivity index (χ2v) is 8.94. The molecule has 0 saturated carbocycles. The molecule has 2 aromatic carbocycles. The summed E-state index contributed by atoms with van der Waals surface area (Å²) in [6.45, 7) is 0.0639. The molecule has 11 heteroatoms. The molecule has 0 aromatic heterocycles. The molecule has 0 saturated heterocycles. The first kappa shape index (κ1) is 21.3. The van der Waals surface area contributed by atoms with Crippen LogP contribution in [0, 0.1) is 0 Å². The molecule has 1 heterocycles. The third kappa shape index (κ3) is 4.26. The molecule has 4 nitrogen and oxygen atoms in total. The van der Waals surface area contributed by atoms with Crippen LogP contribution in [0.25, 0.3) is 5.70 Å². The zero-order valence-electron chi connectivity index (χ0n) is 13.9. The van der Waals surface area contributed by atoms with Crippen LogP contribution in [0.1, 0.15) is 17.5 Å². The monoisotopic (exact) mass is 470 g/mol. The van der Waals surface area contributed by atoms with Crippen LogP contribution < -0.4 is 5.43 Å². The second kappa shape index (κ2) is 7.76. The van der Waals surface area contributed by atoms with Crippen LogP contribution in [-0.2, 0) is 16.2 Å². The van der Waals surface area contributed by atoms with Crippen molar-refractivity contribution in [1.82, 2.24) is 9.84 Å². The lowest BCUT2D eigenvalue weighted by atomic mass is 10.1. The fourth-order valence-electron chi connectivity index (χ4n) is 2.63. The molecule has 0 amide bonds. The van der Waals surface area contributed by atoms with Gasteiger partial charge in [0, 0.05) is 11.6 Å². The molecule has 0 unspecified atom stereocenters. The highest BCUT2D eigenvalue weighted by Gasteiger charge is 2.34. The van der Waals surface area contributed by atoms with Gasteiger partial charge in [-0.1, -0.05) is 46.9 Å². The Morgan fingerprint density at radius 1 is 1.00 bits per heavy atom. The Kier molecular flexibility index (Phi) is 5.89. The number of alkyl halides is 3. The molecule has 3 rings (SSSR count). The second-order valence-electron chi connectivity index (χ2n) is 5.86. The fraction of sp³-hybridized carbons (Fsp3) is 0.176. The molecule has 0 fully saturated rings. The number of rotatable bonds is 3.